The van der Waals surface area contributed by atoms with Gasteiger partial charge in [0, 0.05) is 29.0 Å². The maximum absolute atomic E-state index is 14.2. The molecule has 2 heterocycles. The lowest BCUT2D eigenvalue weighted by molar-refractivity contribution is -0.158. The van der Waals surface area contributed by atoms with Gasteiger partial charge in [0.05, 0.1) is 11.6 Å². The van der Waals surface area contributed by atoms with Crippen molar-refractivity contribution in [2.45, 2.75) is 125 Å². The van der Waals surface area contributed by atoms with E-state index in [1.807, 2.05) is 26.3 Å². The molecule has 8 atom stereocenters. The minimum Gasteiger partial charge on any atom is -0.461 e. The van der Waals surface area contributed by atoms with Crippen LogP contribution in [0.3, 0.4) is 0 Å². The van der Waals surface area contributed by atoms with E-state index < -0.39 is 12.0 Å². The van der Waals surface area contributed by atoms with Crippen molar-refractivity contribution < 1.29 is 19.1 Å². The summed E-state index contributed by atoms with van der Waals surface area (Å²) >= 11 is 0. The Bertz CT molecular complexity index is 1250. The first kappa shape index (κ1) is 27.9. The highest BCUT2D eigenvalue weighted by Gasteiger charge is 2.64. The van der Waals surface area contributed by atoms with Crippen molar-refractivity contribution in [3.63, 3.8) is 0 Å². The molecule has 6 rings (SSSR count). The van der Waals surface area contributed by atoms with E-state index in [1.165, 1.54) is 12.8 Å². The monoisotopic (exact) mass is 548 g/mol. The molecule has 4 saturated carbocycles. The third-order valence-electron chi connectivity index (χ3n) is 13.4. The van der Waals surface area contributed by atoms with Crippen LogP contribution in [0, 0.1) is 39.4 Å². The average Bonchev–Trinajstić information content (AvgIpc) is 3.41. The molecule has 0 spiro atoms. The van der Waals surface area contributed by atoms with Gasteiger partial charge < -0.3 is 9.47 Å². The molecule has 0 saturated heterocycles. The molecule has 4 fully saturated rings. The molecule has 8 unspecified atom stereocenters. The van der Waals surface area contributed by atoms with Gasteiger partial charge in [-0.15, -0.1) is 0 Å². The molecule has 0 aromatic rings. The second-order valence-corrected chi connectivity index (χ2v) is 15.3. The second kappa shape index (κ2) is 9.13. The molecule has 0 radical (unpaired) electrons. The number of ether oxygens (including phenoxy) is 2. The normalized spacial score (nSPS) is 42.6. The number of carbonyl (C=O) groups excluding carboxylic acids is 2. The molecule has 40 heavy (non-hydrogen) atoms. The standard InChI is InChI=1S/C34H48N2O4/c1-19-26(29(37)39-24-16-22-11-13-33(24,7)31(22,3)4)28(21-10-9-15-35-18-21)27(20(2)36-19)30(38)40-25-17-23-12-14-34(25,8)32(23,5)6/h15,18-19,22-25,27H,9-14,16-17H2,1-8H3. The smallest absolute Gasteiger partial charge is 0.336 e. The Morgan fingerprint density at radius 2 is 1.48 bits per heavy atom. The predicted molar refractivity (Wildman–Crippen MR) is 157 cm³/mol. The van der Waals surface area contributed by atoms with Crippen molar-refractivity contribution in [2.24, 2.45) is 49.4 Å². The van der Waals surface area contributed by atoms with Crippen molar-refractivity contribution in [3.8, 4) is 0 Å². The summed E-state index contributed by atoms with van der Waals surface area (Å²) in [6.45, 7) is 17.7. The summed E-state index contributed by atoms with van der Waals surface area (Å²) in [7, 11) is 0. The van der Waals surface area contributed by atoms with Gasteiger partial charge in [-0.1, -0.05) is 41.5 Å². The summed E-state index contributed by atoms with van der Waals surface area (Å²) < 4.78 is 12.8. The van der Waals surface area contributed by atoms with Crippen LogP contribution in [0.1, 0.15) is 107 Å². The maximum Gasteiger partial charge on any atom is 0.336 e. The molecule has 0 N–H and O–H groups in total. The number of esters is 2. The average molecular weight is 549 g/mol. The number of rotatable bonds is 5. The van der Waals surface area contributed by atoms with Gasteiger partial charge in [-0.2, -0.15) is 0 Å². The van der Waals surface area contributed by atoms with Gasteiger partial charge in [0.25, 0.3) is 0 Å². The second-order valence-electron chi connectivity index (χ2n) is 15.3. The molecule has 6 heteroatoms. The molecular formula is C34H48N2O4. The Labute approximate surface area is 240 Å². The minimum atomic E-state index is -0.712. The van der Waals surface area contributed by atoms with Crippen molar-refractivity contribution in [3.05, 3.63) is 22.9 Å². The Morgan fingerprint density at radius 3 is 1.95 bits per heavy atom. The van der Waals surface area contributed by atoms with Gasteiger partial charge >= 0.3 is 11.9 Å². The highest BCUT2D eigenvalue weighted by molar-refractivity contribution is 6.09. The Hall–Kier alpha value is -2.24. The molecule has 0 amide bonds. The van der Waals surface area contributed by atoms with E-state index in [2.05, 4.69) is 46.5 Å². The minimum absolute atomic E-state index is 0.0373. The lowest BCUT2D eigenvalue weighted by atomic mass is 9.70. The Balaban J connectivity index is 1.34. The van der Waals surface area contributed by atoms with Gasteiger partial charge in [0.2, 0.25) is 0 Å². The van der Waals surface area contributed by atoms with Crippen LogP contribution in [0.5, 0.6) is 0 Å². The van der Waals surface area contributed by atoms with Crippen molar-refractivity contribution in [2.75, 3.05) is 0 Å². The number of carbonyl (C=O) groups is 2. The maximum atomic E-state index is 14.2. The Kier molecular flexibility index (Phi) is 6.37. The van der Waals surface area contributed by atoms with E-state index >= 15 is 0 Å². The van der Waals surface area contributed by atoms with Crippen molar-refractivity contribution >= 4 is 23.9 Å². The van der Waals surface area contributed by atoms with Gasteiger partial charge in [-0.25, -0.2) is 4.79 Å². The fraction of sp³-hybridized carbons (Fsp3) is 0.765. The first-order chi connectivity index (χ1) is 18.7. The summed E-state index contributed by atoms with van der Waals surface area (Å²) in [6, 6.07) is -0.392. The van der Waals surface area contributed by atoms with Gasteiger partial charge in [-0.3, -0.25) is 14.8 Å². The van der Waals surface area contributed by atoms with Crippen LogP contribution in [0.2, 0.25) is 0 Å². The number of dihydropyridines is 1. The van der Waals surface area contributed by atoms with E-state index in [0.717, 1.165) is 49.7 Å². The van der Waals surface area contributed by atoms with Crippen LogP contribution in [0.15, 0.2) is 32.9 Å². The van der Waals surface area contributed by atoms with Crippen LogP contribution in [-0.2, 0) is 19.1 Å². The summed E-state index contributed by atoms with van der Waals surface area (Å²) in [4.78, 5) is 37.6. The highest BCUT2D eigenvalue weighted by Crippen LogP contribution is 2.67. The van der Waals surface area contributed by atoms with Gasteiger partial charge in [0.1, 0.15) is 18.1 Å². The molecule has 0 aromatic heterocycles. The molecule has 6 nitrogen and oxygen atoms in total. The van der Waals surface area contributed by atoms with E-state index in [4.69, 9.17) is 14.5 Å². The molecule has 6 aliphatic rings. The largest absolute Gasteiger partial charge is 0.461 e. The number of hydrogen-bond acceptors (Lipinski definition) is 6. The Morgan fingerprint density at radius 1 is 0.900 bits per heavy atom. The molecule has 2 aliphatic heterocycles. The fourth-order valence-electron chi connectivity index (χ4n) is 9.69. The zero-order valence-electron chi connectivity index (χ0n) is 25.8. The fourth-order valence-corrected chi connectivity index (χ4v) is 9.69. The van der Waals surface area contributed by atoms with E-state index in [1.54, 1.807) is 0 Å². The van der Waals surface area contributed by atoms with Crippen LogP contribution in [0.25, 0.3) is 0 Å². The SMILES string of the molecule is CC1=NC(C)C(C(=O)OC2CC3CCC2(C)C3(C)C)=C(C2=CN=CCC2)C1C(=O)OC1CC2CCC1(C)C2(C)C. The predicted octanol–water partition coefficient (Wildman–Crippen LogP) is 7.03. The molecule has 4 aliphatic carbocycles. The molecular weight excluding hydrogens is 500 g/mol. The first-order valence-corrected chi connectivity index (χ1v) is 15.6. The summed E-state index contributed by atoms with van der Waals surface area (Å²) in [5.74, 6) is -0.185. The zero-order valence-corrected chi connectivity index (χ0v) is 25.8. The van der Waals surface area contributed by atoms with Crippen molar-refractivity contribution in [1.29, 1.82) is 0 Å². The number of nitrogens with zero attached hydrogens (tertiary/aromatic N) is 2. The lowest BCUT2D eigenvalue weighted by Gasteiger charge is -2.40. The van der Waals surface area contributed by atoms with E-state index in [-0.39, 0.29) is 45.8 Å². The third kappa shape index (κ3) is 3.72. The summed E-state index contributed by atoms with van der Waals surface area (Å²) in [5, 5.41) is 0. The van der Waals surface area contributed by atoms with E-state index in [0.29, 0.717) is 23.1 Å². The number of hydrogen-bond donors (Lipinski definition) is 0. The summed E-state index contributed by atoms with van der Waals surface area (Å²) in [6.07, 6.45) is 11.3. The van der Waals surface area contributed by atoms with Gasteiger partial charge in [0.15, 0.2) is 0 Å². The number of aliphatic imine (C=N–C) groups is 2. The highest BCUT2D eigenvalue weighted by atomic mass is 16.6. The van der Waals surface area contributed by atoms with Crippen LogP contribution in [0.4, 0.5) is 0 Å². The van der Waals surface area contributed by atoms with Crippen LogP contribution >= 0.6 is 0 Å². The zero-order chi connectivity index (χ0) is 28.8. The third-order valence-corrected chi connectivity index (χ3v) is 13.4. The molecule has 218 valence electrons. The first-order valence-electron chi connectivity index (χ1n) is 15.6. The quantitative estimate of drug-likeness (QED) is 0.346. The van der Waals surface area contributed by atoms with Crippen molar-refractivity contribution in [1.82, 2.24) is 0 Å². The topological polar surface area (TPSA) is 77.3 Å². The van der Waals surface area contributed by atoms with Gasteiger partial charge in [-0.05, 0) is 99.0 Å². The molecule has 4 bridgehead atoms. The summed E-state index contributed by atoms with van der Waals surface area (Å²) in [5.41, 5.74) is 3.08. The van der Waals surface area contributed by atoms with Crippen LogP contribution in [-0.4, -0.2) is 42.1 Å². The lowest BCUT2D eigenvalue weighted by Crippen LogP contribution is -2.43. The number of fused-ring (bicyclic) bond motifs is 4. The van der Waals surface area contributed by atoms with E-state index in [9.17, 15) is 9.59 Å². The molecule has 0 aromatic carbocycles. The number of allylic oxidation sites excluding steroid dienone is 1. The van der Waals surface area contributed by atoms with Crippen LogP contribution < -0.4 is 0 Å².